The zero-order chi connectivity index (χ0) is 16.4. The van der Waals surface area contributed by atoms with E-state index in [0.29, 0.717) is 5.13 Å². The van der Waals surface area contributed by atoms with Gasteiger partial charge in [0.25, 0.3) is 0 Å². The Morgan fingerprint density at radius 1 is 1.30 bits per heavy atom. The van der Waals surface area contributed by atoms with Gasteiger partial charge in [-0.3, -0.25) is 4.79 Å². The minimum atomic E-state index is 0.0368. The van der Waals surface area contributed by atoms with E-state index in [1.807, 2.05) is 6.92 Å². The van der Waals surface area contributed by atoms with Gasteiger partial charge in [0.1, 0.15) is 0 Å². The molecule has 23 heavy (non-hydrogen) atoms. The Morgan fingerprint density at radius 2 is 2.04 bits per heavy atom. The molecular formula is C18H23N3OS. The summed E-state index contributed by atoms with van der Waals surface area (Å²) in [7, 11) is 0. The summed E-state index contributed by atoms with van der Waals surface area (Å²) in [4.78, 5) is 18.0. The van der Waals surface area contributed by atoms with E-state index >= 15 is 0 Å². The maximum atomic E-state index is 12.3. The summed E-state index contributed by atoms with van der Waals surface area (Å²) in [5.74, 6) is 0.100. The molecule has 0 radical (unpaired) electrons. The lowest BCUT2D eigenvalue weighted by atomic mass is 10.1. The molecule has 122 valence electrons. The van der Waals surface area contributed by atoms with E-state index in [1.165, 1.54) is 16.0 Å². The third-order valence-electron chi connectivity index (χ3n) is 4.45. The van der Waals surface area contributed by atoms with Crippen LogP contribution in [-0.4, -0.2) is 16.9 Å². The van der Waals surface area contributed by atoms with Crippen molar-refractivity contribution in [2.75, 3.05) is 5.32 Å². The number of nitrogens with one attached hydrogen (secondary N) is 1. The molecule has 0 aliphatic heterocycles. The summed E-state index contributed by atoms with van der Waals surface area (Å²) >= 11 is 1.57. The Balaban J connectivity index is 1.66. The zero-order valence-corrected chi connectivity index (χ0v) is 14.5. The highest BCUT2D eigenvalue weighted by Crippen LogP contribution is 2.29. The molecule has 2 aromatic rings. The molecule has 1 aromatic carbocycles. The van der Waals surface area contributed by atoms with Crippen LogP contribution in [0, 0.1) is 19.8 Å². The predicted molar refractivity (Wildman–Crippen MR) is 94.8 cm³/mol. The third kappa shape index (κ3) is 3.98. The molecule has 1 aliphatic carbocycles. The van der Waals surface area contributed by atoms with Gasteiger partial charge < -0.3 is 11.1 Å². The summed E-state index contributed by atoms with van der Waals surface area (Å²) in [6.45, 7) is 4.09. The van der Waals surface area contributed by atoms with Gasteiger partial charge in [-0.25, -0.2) is 4.98 Å². The van der Waals surface area contributed by atoms with Gasteiger partial charge in [0.2, 0.25) is 5.91 Å². The van der Waals surface area contributed by atoms with Crippen molar-refractivity contribution in [2.45, 2.75) is 45.6 Å². The number of carbonyl (C=O) groups excluding carboxylic acids is 1. The number of anilines is 1. The molecule has 1 heterocycles. The fourth-order valence-electron chi connectivity index (χ4n) is 3.00. The summed E-state index contributed by atoms with van der Waals surface area (Å²) in [5, 5.41) is 3.68. The molecule has 1 aliphatic rings. The topological polar surface area (TPSA) is 68.0 Å². The highest BCUT2D eigenvalue weighted by Gasteiger charge is 2.28. The number of benzene rings is 1. The summed E-state index contributed by atoms with van der Waals surface area (Å²) in [6, 6.07) is 8.70. The van der Waals surface area contributed by atoms with E-state index in [2.05, 4.69) is 41.5 Å². The van der Waals surface area contributed by atoms with E-state index < -0.39 is 0 Å². The van der Waals surface area contributed by atoms with Crippen LogP contribution in [0.4, 0.5) is 5.13 Å². The number of aryl methyl sites for hydroxylation is 2. The van der Waals surface area contributed by atoms with E-state index in [4.69, 9.17) is 5.73 Å². The van der Waals surface area contributed by atoms with E-state index in [-0.39, 0.29) is 17.9 Å². The van der Waals surface area contributed by atoms with Gasteiger partial charge in [0, 0.05) is 23.3 Å². The van der Waals surface area contributed by atoms with Crippen LogP contribution < -0.4 is 11.1 Å². The summed E-state index contributed by atoms with van der Waals surface area (Å²) in [5.41, 5.74) is 9.41. The normalized spacial score (nSPS) is 20.7. The minimum absolute atomic E-state index is 0.0368. The summed E-state index contributed by atoms with van der Waals surface area (Å²) in [6.07, 6.45) is 3.46. The zero-order valence-electron chi connectivity index (χ0n) is 13.6. The first kappa shape index (κ1) is 16.1. The Morgan fingerprint density at radius 3 is 2.70 bits per heavy atom. The monoisotopic (exact) mass is 329 g/mol. The number of aromatic nitrogens is 1. The number of rotatable bonds is 4. The van der Waals surface area contributed by atoms with Crippen LogP contribution in [0.5, 0.6) is 0 Å². The number of nitrogens with two attached hydrogens (primary N) is 1. The molecule has 4 nitrogen and oxygen atoms in total. The van der Waals surface area contributed by atoms with Gasteiger partial charge in [-0.15, -0.1) is 11.3 Å². The first-order valence-corrected chi connectivity index (χ1v) is 8.91. The number of hydrogen-bond donors (Lipinski definition) is 2. The summed E-state index contributed by atoms with van der Waals surface area (Å²) < 4.78 is 0. The number of thiazole rings is 1. The van der Waals surface area contributed by atoms with Crippen molar-refractivity contribution in [3.05, 3.63) is 46.0 Å². The van der Waals surface area contributed by atoms with Crippen molar-refractivity contribution < 1.29 is 4.79 Å². The van der Waals surface area contributed by atoms with E-state index in [9.17, 15) is 4.79 Å². The molecule has 3 rings (SSSR count). The smallest absolute Gasteiger partial charge is 0.229 e. The molecule has 3 N–H and O–H groups in total. The number of hydrogen-bond acceptors (Lipinski definition) is 4. The van der Waals surface area contributed by atoms with Crippen LogP contribution in [0.2, 0.25) is 0 Å². The fourth-order valence-corrected chi connectivity index (χ4v) is 4.00. The van der Waals surface area contributed by atoms with Crippen molar-refractivity contribution in [2.24, 2.45) is 11.7 Å². The van der Waals surface area contributed by atoms with Crippen molar-refractivity contribution in [3.8, 4) is 0 Å². The van der Waals surface area contributed by atoms with Crippen molar-refractivity contribution in [1.82, 2.24) is 4.98 Å². The molecule has 1 saturated carbocycles. The molecule has 0 saturated heterocycles. The van der Waals surface area contributed by atoms with Crippen LogP contribution in [0.1, 0.15) is 41.0 Å². The van der Waals surface area contributed by atoms with Crippen molar-refractivity contribution in [3.63, 3.8) is 0 Å². The van der Waals surface area contributed by atoms with Gasteiger partial charge in [-0.05, 0) is 38.7 Å². The molecule has 1 fully saturated rings. The van der Waals surface area contributed by atoms with Gasteiger partial charge in [-0.1, -0.05) is 29.8 Å². The Kier molecular flexibility index (Phi) is 4.78. The largest absolute Gasteiger partial charge is 0.328 e. The Labute approximate surface area is 141 Å². The van der Waals surface area contributed by atoms with E-state index in [1.54, 1.807) is 11.3 Å². The highest BCUT2D eigenvalue weighted by atomic mass is 32.1. The van der Waals surface area contributed by atoms with Crippen molar-refractivity contribution >= 4 is 22.4 Å². The first-order valence-electron chi connectivity index (χ1n) is 8.09. The SMILES string of the molecule is Cc1ccc(Cc2sc(NC(=O)C3CCC(N)C3)nc2C)cc1. The first-order chi connectivity index (χ1) is 11.0. The number of carbonyl (C=O) groups is 1. The van der Waals surface area contributed by atoms with Crippen LogP contribution in [-0.2, 0) is 11.2 Å². The standard InChI is InChI=1S/C18H23N3OS/c1-11-3-5-13(6-4-11)9-16-12(2)20-18(23-16)21-17(22)14-7-8-15(19)10-14/h3-6,14-15H,7-10,19H2,1-2H3,(H,20,21,22). The lowest BCUT2D eigenvalue weighted by molar-refractivity contribution is -0.119. The number of nitrogens with zero attached hydrogens (tertiary/aromatic N) is 1. The molecule has 1 aromatic heterocycles. The quantitative estimate of drug-likeness (QED) is 0.903. The molecule has 2 atom stereocenters. The average molecular weight is 329 g/mol. The van der Waals surface area contributed by atoms with E-state index in [0.717, 1.165) is 31.4 Å². The van der Waals surface area contributed by atoms with Crippen LogP contribution in [0.15, 0.2) is 24.3 Å². The van der Waals surface area contributed by atoms with Crippen LogP contribution >= 0.6 is 11.3 Å². The highest BCUT2D eigenvalue weighted by molar-refractivity contribution is 7.15. The van der Waals surface area contributed by atoms with Gasteiger partial charge >= 0.3 is 0 Å². The average Bonchev–Trinajstić information content (AvgIpc) is 3.08. The molecule has 0 spiro atoms. The molecular weight excluding hydrogens is 306 g/mol. The van der Waals surface area contributed by atoms with Gasteiger partial charge in [0.15, 0.2) is 5.13 Å². The second-order valence-electron chi connectivity index (χ2n) is 6.45. The lowest BCUT2D eigenvalue weighted by Crippen LogP contribution is -2.23. The molecule has 5 heteroatoms. The lowest BCUT2D eigenvalue weighted by Gasteiger charge is -2.08. The van der Waals surface area contributed by atoms with Gasteiger partial charge in [0.05, 0.1) is 5.69 Å². The maximum Gasteiger partial charge on any atom is 0.229 e. The predicted octanol–water partition coefficient (Wildman–Crippen LogP) is 3.42. The second-order valence-corrected chi connectivity index (χ2v) is 7.53. The van der Waals surface area contributed by atoms with Gasteiger partial charge in [-0.2, -0.15) is 0 Å². The fraction of sp³-hybridized carbons (Fsp3) is 0.444. The third-order valence-corrected chi connectivity index (χ3v) is 5.52. The Hall–Kier alpha value is -1.72. The molecule has 1 amide bonds. The molecule has 0 bridgehead atoms. The number of amides is 1. The van der Waals surface area contributed by atoms with Crippen molar-refractivity contribution in [1.29, 1.82) is 0 Å². The Bertz CT molecular complexity index is 693. The minimum Gasteiger partial charge on any atom is -0.328 e. The second kappa shape index (κ2) is 6.81. The van der Waals surface area contributed by atoms with Crippen LogP contribution in [0.3, 0.4) is 0 Å². The maximum absolute atomic E-state index is 12.3. The van der Waals surface area contributed by atoms with Crippen LogP contribution in [0.25, 0.3) is 0 Å². The molecule has 2 unspecified atom stereocenters.